The van der Waals surface area contributed by atoms with Crippen LogP contribution in [0.1, 0.15) is 16.1 Å². The molecule has 1 aromatic heterocycles. The van der Waals surface area contributed by atoms with Crippen LogP contribution in [-0.4, -0.2) is 15.7 Å². The maximum atomic E-state index is 13.3. The first-order chi connectivity index (χ1) is 8.58. The summed E-state index contributed by atoms with van der Waals surface area (Å²) in [5, 5.41) is 6.51. The number of hydrogen-bond donors (Lipinski definition) is 2. The monoisotopic (exact) mass is 248 g/mol. The van der Waals surface area contributed by atoms with Gasteiger partial charge < -0.3 is 11.1 Å². The number of amides is 1. The van der Waals surface area contributed by atoms with Crippen LogP contribution >= 0.6 is 0 Å². The SMILES string of the molecule is Cn1cc(N)c(C(=O)NCc2ccccc2F)n1. The van der Waals surface area contributed by atoms with Gasteiger partial charge in [0, 0.05) is 25.4 Å². The van der Waals surface area contributed by atoms with E-state index in [1.165, 1.54) is 16.9 Å². The Morgan fingerprint density at radius 2 is 2.22 bits per heavy atom. The molecule has 1 amide bonds. The maximum Gasteiger partial charge on any atom is 0.274 e. The molecule has 0 bridgehead atoms. The minimum Gasteiger partial charge on any atom is -0.396 e. The van der Waals surface area contributed by atoms with E-state index in [4.69, 9.17) is 5.73 Å². The van der Waals surface area contributed by atoms with Crippen molar-refractivity contribution in [1.82, 2.24) is 15.1 Å². The van der Waals surface area contributed by atoms with Crippen molar-refractivity contribution in [2.45, 2.75) is 6.54 Å². The molecule has 0 aliphatic heterocycles. The summed E-state index contributed by atoms with van der Waals surface area (Å²) in [7, 11) is 1.67. The van der Waals surface area contributed by atoms with Crippen LogP contribution in [0.15, 0.2) is 30.5 Å². The third-order valence-electron chi connectivity index (χ3n) is 2.47. The second kappa shape index (κ2) is 4.87. The molecular weight excluding hydrogens is 235 g/mol. The van der Waals surface area contributed by atoms with E-state index in [0.29, 0.717) is 11.3 Å². The van der Waals surface area contributed by atoms with Gasteiger partial charge >= 0.3 is 0 Å². The fraction of sp³-hybridized carbons (Fsp3) is 0.167. The van der Waals surface area contributed by atoms with Gasteiger partial charge in [-0.1, -0.05) is 18.2 Å². The molecule has 2 aromatic rings. The Morgan fingerprint density at radius 3 is 2.83 bits per heavy atom. The van der Waals surface area contributed by atoms with Crippen molar-refractivity contribution in [2.75, 3.05) is 5.73 Å². The fourth-order valence-corrected chi connectivity index (χ4v) is 1.58. The first-order valence-electron chi connectivity index (χ1n) is 5.38. The van der Waals surface area contributed by atoms with Gasteiger partial charge in [-0.05, 0) is 6.07 Å². The van der Waals surface area contributed by atoms with Crippen molar-refractivity contribution in [3.8, 4) is 0 Å². The lowest BCUT2D eigenvalue weighted by Crippen LogP contribution is -2.24. The molecule has 0 saturated carbocycles. The number of anilines is 1. The number of aromatic nitrogens is 2. The molecule has 0 saturated heterocycles. The molecular formula is C12H13FN4O. The summed E-state index contributed by atoms with van der Waals surface area (Å²) in [4.78, 5) is 11.8. The average molecular weight is 248 g/mol. The van der Waals surface area contributed by atoms with Crippen LogP contribution in [0, 0.1) is 5.82 Å². The molecule has 5 nitrogen and oxygen atoms in total. The normalized spacial score (nSPS) is 10.3. The molecule has 0 atom stereocenters. The molecule has 0 unspecified atom stereocenters. The molecule has 1 heterocycles. The van der Waals surface area contributed by atoms with E-state index in [1.807, 2.05) is 0 Å². The molecule has 1 aromatic carbocycles. The molecule has 0 aliphatic carbocycles. The summed E-state index contributed by atoms with van der Waals surface area (Å²) >= 11 is 0. The van der Waals surface area contributed by atoms with E-state index in [2.05, 4.69) is 10.4 Å². The summed E-state index contributed by atoms with van der Waals surface area (Å²) < 4.78 is 14.8. The fourth-order valence-electron chi connectivity index (χ4n) is 1.58. The van der Waals surface area contributed by atoms with E-state index in [1.54, 1.807) is 25.2 Å². The molecule has 2 rings (SSSR count). The van der Waals surface area contributed by atoms with Gasteiger partial charge in [0.05, 0.1) is 5.69 Å². The van der Waals surface area contributed by atoms with Crippen LogP contribution < -0.4 is 11.1 Å². The topological polar surface area (TPSA) is 72.9 Å². The number of nitrogens with zero attached hydrogens (tertiary/aromatic N) is 2. The summed E-state index contributed by atoms with van der Waals surface area (Å²) in [5.41, 5.74) is 6.48. The second-order valence-electron chi connectivity index (χ2n) is 3.88. The molecule has 0 aliphatic rings. The first-order valence-corrected chi connectivity index (χ1v) is 5.38. The number of nitrogens with one attached hydrogen (secondary N) is 1. The smallest absolute Gasteiger partial charge is 0.274 e. The number of carbonyl (C=O) groups excluding carboxylic acids is 1. The summed E-state index contributed by atoms with van der Waals surface area (Å²) in [6.07, 6.45) is 1.54. The highest BCUT2D eigenvalue weighted by Gasteiger charge is 2.13. The van der Waals surface area contributed by atoms with Gasteiger partial charge in [0.15, 0.2) is 5.69 Å². The molecule has 0 radical (unpaired) electrons. The Morgan fingerprint density at radius 1 is 1.50 bits per heavy atom. The standard InChI is InChI=1S/C12H13FN4O/c1-17-7-10(14)11(16-17)12(18)15-6-8-4-2-3-5-9(8)13/h2-5,7H,6,14H2,1H3,(H,15,18). The van der Waals surface area contributed by atoms with Gasteiger partial charge in [0.2, 0.25) is 0 Å². The zero-order valence-corrected chi connectivity index (χ0v) is 9.85. The Bertz CT molecular complexity index is 579. The van der Waals surface area contributed by atoms with Gasteiger partial charge in [-0.15, -0.1) is 0 Å². The highest BCUT2D eigenvalue weighted by molar-refractivity contribution is 5.96. The largest absolute Gasteiger partial charge is 0.396 e. The predicted molar refractivity (Wildman–Crippen MR) is 65.2 cm³/mol. The van der Waals surface area contributed by atoms with Gasteiger partial charge in [0.25, 0.3) is 5.91 Å². The Balaban J connectivity index is 2.05. The van der Waals surface area contributed by atoms with Crippen molar-refractivity contribution < 1.29 is 9.18 Å². The van der Waals surface area contributed by atoms with Crippen LogP contribution in [0.3, 0.4) is 0 Å². The van der Waals surface area contributed by atoms with Crippen LogP contribution in [0.4, 0.5) is 10.1 Å². The third-order valence-corrected chi connectivity index (χ3v) is 2.47. The lowest BCUT2D eigenvalue weighted by atomic mass is 10.2. The van der Waals surface area contributed by atoms with Crippen molar-refractivity contribution in [1.29, 1.82) is 0 Å². The van der Waals surface area contributed by atoms with Crippen LogP contribution in [-0.2, 0) is 13.6 Å². The minimum atomic E-state index is -0.420. The quantitative estimate of drug-likeness (QED) is 0.853. The van der Waals surface area contributed by atoms with E-state index >= 15 is 0 Å². The Kier molecular flexibility index (Phi) is 3.27. The number of carbonyl (C=O) groups is 1. The number of aryl methyl sites for hydroxylation is 1. The molecule has 3 N–H and O–H groups in total. The molecule has 6 heteroatoms. The number of nitrogen functional groups attached to an aromatic ring is 1. The van der Waals surface area contributed by atoms with E-state index < -0.39 is 5.91 Å². The lowest BCUT2D eigenvalue weighted by Gasteiger charge is -2.04. The van der Waals surface area contributed by atoms with E-state index in [9.17, 15) is 9.18 Å². The van der Waals surface area contributed by atoms with Crippen molar-refractivity contribution in [2.24, 2.45) is 7.05 Å². The second-order valence-corrected chi connectivity index (χ2v) is 3.88. The van der Waals surface area contributed by atoms with Crippen LogP contribution in [0.25, 0.3) is 0 Å². The van der Waals surface area contributed by atoms with E-state index in [-0.39, 0.29) is 18.1 Å². The predicted octanol–water partition coefficient (Wildman–Crippen LogP) is 1.07. The molecule has 18 heavy (non-hydrogen) atoms. The van der Waals surface area contributed by atoms with Gasteiger partial charge in [-0.25, -0.2) is 4.39 Å². The van der Waals surface area contributed by atoms with E-state index in [0.717, 1.165) is 0 Å². The number of nitrogens with two attached hydrogens (primary N) is 1. The van der Waals surface area contributed by atoms with Crippen LogP contribution in [0.5, 0.6) is 0 Å². The zero-order chi connectivity index (χ0) is 13.1. The van der Waals surface area contributed by atoms with Crippen molar-refractivity contribution in [3.63, 3.8) is 0 Å². The zero-order valence-electron chi connectivity index (χ0n) is 9.85. The van der Waals surface area contributed by atoms with Crippen LogP contribution in [0.2, 0.25) is 0 Å². The molecule has 0 fully saturated rings. The highest BCUT2D eigenvalue weighted by atomic mass is 19.1. The third kappa shape index (κ3) is 2.48. The average Bonchev–Trinajstić information content (AvgIpc) is 2.67. The summed E-state index contributed by atoms with van der Waals surface area (Å²) in [5.74, 6) is -0.775. The van der Waals surface area contributed by atoms with Gasteiger partial charge in [0.1, 0.15) is 5.82 Å². The number of rotatable bonds is 3. The number of benzene rings is 1. The summed E-state index contributed by atoms with van der Waals surface area (Å²) in [6, 6.07) is 6.26. The Hall–Kier alpha value is -2.37. The molecule has 94 valence electrons. The van der Waals surface area contributed by atoms with Crippen molar-refractivity contribution >= 4 is 11.6 Å². The minimum absolute atomic E-state index is 0.0987. The summed E-state index contributed by atoms with van der Waals surface area (Å²) in [6.45, 7) is 0.0987. The lowest BCUT2D eigenvalue weighted by molar-refractivity contribution is 0.0946. The Labute approximate surface area is 103 Å². The number of hydrogen-bond acceptors (Lipinski definition) is 3. The highest BCUT2D eigenvalue weighted by Crippen LogP contribution is 2.09. The molecule has 0 spiro atoms. The van der Waals surface area contributed by atoms with Crippen molar-refractivity contribution in [3.05, 3.63) is 47.5 Å². The first kappa shape index (κ1) is 12.1. The number of halogens is 1. The van der Waals surface area contributed by atoms with Gasteiger partial charge in [-0.3, -0.25) is 9.48 Å². The van der Waals surface area contributed by atoms with Gasteiger partial charge in [-0.2, -0.15) is 5.10 Å². The maximum absolute atomic E-state index is 13.3.